The summed E-state index contributed by atoms with van der Waals surface area (Å²) in [7, 11) is 0. The zero-order chi connectivity index (χ0) is 20.4. The molecule has 1 aliphatic rings. The highest BCUT2D eigenvalue weighted by Crippen LogP contribution is 2.26. The average Bonchev–Trinajstić information content (AvgIpc) is 3.15. The summed E-state index contributed by atoms with van der Waals surface area (Å²) < 4.78 is 12.3. The fraction of sp³-hybridized carbons (Fsp3) is 0.364. The smallest absolute Gasteiger partial charge is 0.287 e. The molecule has 0 aliphatic carbocycles. The van der Waals surface area contributed by atoms with E-state index in [1.54, 1.807) is 18.2 Å². The third-order valence-electron chi connectivity index (χ3n) is 5.29. The number of hydrogen-bond donors (Lipinski definition) is 1. The first-order valence-electron chi connectivity index (χ1n) is 9.83. The summed E-state index contributed by atoms with van der Waals surface area (Å²) in [6, 6.07) is 10.3. The van der Waals surface area contributed by atoms with Gasteiger partial charge in [0, 0.05) is 17.1 Å². The van der Waals surface area contributed by atoms with Crippen molar-refractivity contribution in [3.8, 4) is 0 Å². The monoisotopic (exact) mass is 494 g/mol. The number of fused-ring (bicyclic) bond motifs is 1. The van der Waals surface area contributed by atoms with Crippen LogP contribution in [0.5, 0.6) is 0 Å². The normalized spacial score (nSPS) is 15.5. The molecule has 3 heterocycles. The molecule has 0 bridgehead atoms. The molecule has 0 saturated carbocycles. The van der Waals surface area contributed by atoms with E-state index >= 15 is 0 Å². The van der Waals surface area contributed by atoms with Crippen LogP contribution in [-0.4, -0.2) is 30.4 Å². The molecule has 1 aromatic carbocycles. The van der Waals surface area contributed by atoms with E-state index in [2.05, 4.69) is 26.1 Å². The molecule has 1 fully saturated rings. The van der Waals surface area contributed by atoms with Crippen LogP contribution in [-0.2, 0) is 0 Å². The van der Waals surface area contributed by atoms with Crippen LogP contribution in [0.25, 0.3) is 11.0 Å². The van der Waals surface area contributed by atoms with Gasteiger partial charge in [0.05, 0.1) is 11.4 Å². The summed E-state index contributed by atoms with van der Waals surface area (Å²) in [5, 5.41) is 3.36. The molecular formula is C22H24BrClN2O4. The van der Waals surface area contributed by atoms with Crippen molar-refractivity contribution in [2.24, 2.45) is 0 Å². The first-order valence-corrected chi connectivity index (χ1v) is 10.6. The first-order chi connectivity index (χ1) is 14.0. The lowest BCUT2D eigenvalue weighted by molar-refractivity contribution is 0.0887. The third kappa shape index (κ3) is 4.96. The van der Waals surface area contributed by atoms with Crippen molar-refractivity contribution in [1.29, 1.82) is 0 Å². The van der Waals surface area contributed by atoms with Crippen LogP contribution in [0.2, 0.25) is 0 Å². The Morgan fingerprint density at radius 3 is 2.60 bits per heavy atom. The molecule has 2 aromatic heterocycles. The van der Waals surface area contributed by atoms with Gasteiger partial charge in [-0.2, -0.15) is 0 Å². The number of hydrogen-bond acceptors (Lipinski definition) is 5. The van der Waals surface area contributed by atoms with Gasteiger partial charge in [-0.25, -0.2) is 0 Å². The van der Waals surface area contributed by atoms with Crippen LogP contribution < -0.4 is 10.7 Å². The molecule has 6 nitrogen and oxygen atoms in total. The first kappa shape index (κ1) is 22.6. The van der Waals surface area contributed by atoms with E-state index in [-0.39, 0.29) is 29.6 Å². The largest absolute Gasteiger partial charge is 0.465 e. The van der Waals surface area contributed by atoms with E-state index in [1.807, 2.05) is 19.1 Å². The highest BCUT2D eigenvalue weighted by Gasteiger charge is 2.26. The minimum absolute atomic E-state index is 0. The Labute approximate surface area is 189 Å². The minimum Gasteiger partial charge on any atom is -0.465 e. The van der Waals surface area contributed by atoms with Gasteiger partial charge in [-0.3, -0.25) is 14.5 Å². The van der Waals surface area contributed by atoms with Gasteiger partial charge in [-0.05, 0) is 63.2 Å². The topological polar surface area (TPSA) is 75.7 Å². The molecule has 1 amide bonds. The van der Waals surface area contributed by atoms with E-state index in [4.69, 9.17) is 8.83 Å². The van der Waals surface area contributed by atoms with Crippen LogP contribution in [0, 0.1) is 6.92 Å². The Morgan fingerprint density at radius 2 is 1.90 bits per heavy atom. The number of amides is 1. The van der Waals surface area contributed by atoms with Gasteiger partial charge in [-0.15, -0.1) is 12.4 Å². The predicted octanol–water partition coefficient (Wildman–Crippen LogP) is 4.84. The number of halogens is 2. The van der Waals surface area contributed by atoms with Gasteiger partial charge in [-0.1, -0.05) is 22.4 Å². The maximum atomic E-state index is 12.7. The summed E-state index contributed by atoms with van der Waals surface area (Å²) in [5.41, 5.74) is 0.145. The van der Waals surface area contributed by atoms with Crippen LogP contribution in [0.3, 0.4) is 0 Å². The maximum absolute atomic E-state index is 12.7. The number of benzene rings is 1. The van der Waals surface area contributed by atoms with Gasteiger partial charge in [0.15, 0.2) is 11.2 Å². The molecule has 8 heteroatoms. The fourth-order valence-electron chi connectivity index (χ4n) is 3.79. The van der Waals surface area contributed by atoms with Gasteiger partial charge in [0.2, 0.25) is 0 Å². The summed E-state index contributed by atoms with van der Waals surface area (Å²) in [6.45, 7) is 4.24. The Kier molecular flexibility index (Phi) is 7.39. The quantitative estimate of drug-likeness (QED) is 0.548. The fourth-order valence-corrected chi connectivity index (χ4v) is 4.15. The molecule has 0 spiro atoms. The number of carbonyl (C=O) groups is 1. The van der Waals surface area contributed by atoms with Crippen molar-refractivity contribution in [3.05, 3.63) is 68.4 Å². The number of nitrogens with zero attached hydrogens (tertiary/aromatic N) is 1. The highest BCUT2D eigenvalue weighted by atomic mass is 79.9. The molecule has 1 aliphatic heterocycles. The number of furan rings is 1. The SMILES string of the molecule is Cc1ccc(C(CNC(=O)c2cc(=O)c3cc(Br)ccc3o2)N2CCCCC2)o1.Cl. The van der Waals surface area contributed by atoms with E-state index in [1.165, 1.54) is 12.5 Å². The number of carbonyl (C=O) groups excluding carboxylic acids is 1. The molecule has 1 N–H and O–H groups in total. The second-order valence-corrected chi connectivity index (χ2v) is 8.30. The average molecular weight is 496 g/mol. The summed E-state index contributed by atoms with van der Waals surface area (Å²) >= 11 is 3.34. The van der Waals surface area contributed by atoms with Gasteiger partial charge in [0.1, 0.15) is 17.1 Å². The van der Waals surface area contributed by atoms with E-state index in [0.717, 1.165) is 41.9 Å². The molecule has 160 valence electrons. The zero-order valence-corrected chi connectivity index (χ0v) is 19.1. The second kappa shape index (κ2) is 9.81. The van der Waals surface area contributed by atoms with E-state index in [9.17, 15) is 9.59 Å². The molecule has 0 radical (unpaired) electrons. The molecule has 1 saturated heterocycles. The standard InChI is InChI=1S/C22H23BrN2O4.ClH/c1-14-5-7-20(28-14)17(25-9-3-2-4-10-25)13-24-22(27)21-12-18(26)16-11-15(23)6-8-19(16)29-21;/h5-8,11-12,17H,2-4,9-10,13H2,1H3,(H,24,27);1H. The zero-order valence-electron chi connectivity index (χ0n) is 16.7. The summed E-state index contributed by atoms with van der Waals surface area (Å²) in [6.07, 6.45) is 3.50. The Hall–Kier alpha value is -2.09. The molecule has 1 atom stereocenters. The van der Waals surface area contributed by atoms with E-state index < -0.39 is 5.91 Å². The lowest BCUT2D eigenvalue weighted by Gasteiger charge is -2.33. The lowest BCUT2D eigenvalue weighted by Crippen LogP contribution is -2.40. The van der Waals surface area contributed by atoms with Crippen molar-refractivity contribution < 1.29 is 13.6 Å². The lowest BCUT2D eigenvalue weighted by atomic mass is 10.1. The van der Waals surface area contributed by atoms with Crippen molar-refractivity contribution in [3.63, 3.8) is 0 Å². The van der Waals surface area contributed by atoms with E-state index in [0.29, 0.717) is 17.5 Å². The molecular weight excluding hydrogens is 472 g/mol. The molecule has 30 heavy (non-hydrogen) atoms. The van der Waals surface area contributed by atoms with Gasteiger partial charge < -0.3 is 14.2 Å². The highest BCUT2D eigenvalue weighted by molar-refractivity contribution is 9.10. The minimum atomic E-state index is -0.405. The van der Waals surface area contributed by atoms with Gasteiger partial charge >= 0.3 is 0 Å². The number of nitrogens with one attached hydrogen (secondary N) is 1. The van der Waals surface area contributed by atoms with Crippen LogP contribution in [0.15, 0.2) is 54.5 Å². The van der Waals surface area contributed by atoms with Crippen molar-refractivity contribution in [1.82, 2.24) is 10.2 Å². The van der Waals surface area contributed by atoms with Crippen molar-refractivity contribution in [2.75, 3.05) is 19.6 Å². The predicted molar refractivity (Wildman–Crippen MR) is 121 cm³/mol. The third-order valence-corrected chi connectivity index (χ3v) is 5.78. The Balaban J connectivity index is 0.00000256. The van der Waals surface area contributed by atoms with Crippen LogP contribution in [0.1, 0.15) is 47.4 Å². The summed E-state index contributed by atoms with van der Waals surface area (Å²) in [4.78, 5) is 27.5. The Bertz CT molecular complexity index is 1090. The Morgan fingerprint density at radius 1 is 1.13 bits per heavy atom. The molecule has 4 rings (SSSR count). The van der Waals surface area contributed by atoms with Crippen LogP contribution in [0.4, 0.5) is 0 Å². The summed E-state index contributed by atoms with van der Waals surface area (Å²) in [5.74, 6) is 1.30. The van der Waals surface area contributed by atoms with Crippen molar-refractivity contribution in [2.45, 2.75) is 32.2 Å². The molecule has 3 aromatic rings. The van der Waals surface area contributed by atoms with Crippen molar-refractivity contribution >= 4 is 45.2 Å². The number of rotatable bonds is 5. The second-order valence-electron chi connectivity index (χ2n) is 7.39. The van der Waals surface area contributed by atoms with Crippen LogP contribution >= 0.6 is 28.3 Å². The maximum Gasteiger partial charge on any atom is 0.287 e. The molecule has 1 unspecified atom stereocenters. The number of aryl methyl sites for hydroxylation is 1. The van der Waals surface area contributed by atoms with Gasteiger partial charge in [0.25, 0.3) is 5.91 Å². The number of piperidine rings is 1. The number of likely N-dealkylation sites (tertiary alicyclic amines) is 1.